The van der Waals surface area contributed by atoms with E-state index < -0.39 is 11.5 Å². The van der Waals surface area contributed by atoms with E-state index in [1.165, 1.54) is 0 Å². The van der Waals surface area contributed by atoms with Crippen molar-refractivity contribution in [1.82, 2.24) is 15.2 Å². The Hall–Kier alpha value is -2.11. The van der Waals surface area contributed by atoms with Crippen LogP contribution in [0.4, 0.5) is 4.79 Å². The summed E-state index contributed by atoms with van der Waals surface area (Å²) in [5.74, 6) is -0.941. The van der Waals surface area contributed by atoms with Gasteiger partial charge in [0.15, 0.2) is 0 Å². The van der Waals surface area contributed by atoms with E-state index in [4.69, 9.17) is 5.11 Å². The molecule has 0 bridgehead atoms. The third-order valence-corrected chi connectivity index (χ3v) is 3.01. The Bertz CT molecular complexity index is 515. The van der Waals surface area contributed by atoms with E-state index in [0.717, 1.165) is 11.4 Å². The molecule has 1 heterocycles. The second kappa shape index (κ2) is 7.06. The van der Waals surface area contributed by atoms with Crippen LogP contribution in [0.2, 0.25) is 0 Å². The van der Waals surface area contributed by atoms with Gasteiger partial charge >= 0.3 is 12.0 Å². The molecule has 0 fully saturated rings. The Kier molecular flexibility index (Phi) is 5.69. The average Bonchev–Trinajstić information content (AvgIpc) is 2.33. The van der Waals surface area contributed by atoms with Gasteiger partial charge < -0.3 is 15.3 Å². The molecule has 6 heteroatoms. The normalized spacial score (nSPS) is 11.0. The number of rotatable bonds is 6. The average molecular weight is 293 g/mol. The minimum atomic E-state index is -0.941. The van der Waals surface area contributed by atoms with Gasteiger partial charge in [0.25, 0.3) is 0 Å². The summed E-state index contributed by atoms with van der Waals surface area (Å²) in [5.41, 5.74) is 0.911. The lowest BCUT2D eigenvalue weighted by Gasteiger charge is -2.29. The minimum Gasteiger partial charge on any atom is -0.481 e. The van der Waals surface area contributed by atoms with Crippen LogP contribution in [-0.4, -0.2) is 39.1 Å². The molecule has 116 valence electrons. The van der Waals surface area contributed by atoms with E-state index in [9.17, 15) is 9.59 Å². The maximum atomic E-state index is 12.3. The van der Waals surface area contributed by atoms with Gasteiger partial charge in [-0.2, -0.15) is 0 Å². The zero-order valence-electron chi connectivity index (χ0n) is 13.0. The number of hydrogen-bond acceptors (Lipinski definition) is 3. The van der Waals surface area contributed by atoms with Crippen molar-refractivity contribution in [1.29, 1.82) is 0 Å². The topological polar surface area (TPSA) is 82.5 Å². The first-order valence-corrected chi connectivity index (χ1v) is 6.95. The van der Waals surface area contributed by atoms with Crippen molar-refractivity contribution in [2.75, 3.05) is 6.54 Å². The lowest BCUT2D eigenvalue weighted by Crippen LogP contribution is -2.50. The van der Waals surface area contributed by atoms with Crippen molar-refractivity contribution in [3.05, 3.63) is 29.6 Å². The van der Waals surface area contributed by atoms with Gasteiger partial charge in [-0.15, -0.1) is 0 Å². The Balaban J connectivity index is 2.71. The highest BCUT2D eigenvalue weighted by atomic mass is 16.4. The summed E-state index contributed by atoms with van der Waals surface area (Å²) in [4.78, 5) is 29.0. The summed E-state index contributed by atoms with van der Waals surface area (Å²) in [6.45, 7) is 8.07. The van der Waals surface area contributed by atoms with Gasteiger partial charge in [0.1, 0.15) is 0 Å². The predicted octanol–water partition coefficient (Wildman–Crippen LogP) is 2.17. The van der Waals surface area contributed by atoms with Gasteiger partial charge in [-0.1, -0.05) is 6.07 Å². The van der Waals surface area contributed by atoms with Gasteiger partial charge in [0.2, 0.25) is 0 Å². The van der Waals surface area contributed by atoms with Gasteiger partial charge in [-0.3, -0.25) is 9.78 Å². The highest BCUT2D eigenvalue weighted by Crippen LogP contribution is 2.10. The van der Waals surface area contributed by atoms with E-state index in [1.54, 1.807) is 18.7 Å². The lowest BCUT2D eigenvalue weighted by atomic mass is 10.0. The largest absolute Gasteiger partial charge is 0.481 e. The molecule has 0 saturated carbocycles. The Morgan fingerprint density at radius 1 is 1.38 bits per heavy atom. The minimum absolute atomic E-state index is 0.126. The lowest BCUT2D eigenvalue weighted by molar-refractivity contribution is -0.138. The number of carboxylic acids is 1. The van der Waals surface area contributed by atoms with Gasteiger partial charge in [-0.05, 0) is 39.8 Å². The summed E-state index contributed by atoms with van der Waals surface area (Å²) in [7, 11) is 0. The molecule has 1 aromatic rings. The first kappa shape index (κ1) is 16.9. The zero-order chi connectivity index (χ0) is 16.0. The molecule has 0 atom stereocenters. The fraction of sp³-hybridized carbons (Fsp3) is 0.533. The highest BCUT2D eigenvalue weighted by molar-refractivity contribution is 5.76. The molecule has 6 nitrogen and oxygen atoms in total. The van der Waals surface area contributed by atoms with E-state index in [0.29, 0.717) is 13.1 Å². The molecular weight excluding hydrogens is 270 g/mol. The van der Waals surface area contributed by atoms with E-state index in [2.05, 4.69) is 10.3 Å². The predicted molar refractivity (Wildman–Crippen MR) is 79.9 cm³/mol. The second-order valence-corrected chi connectivity index (χ2v) is 5.67. The third-order valence-electron chi connectivity index (χ3n) is 3.01. The van der Waals surface area contributed by atoms with Crippen LogP contribution < -0.4 is 5.32 Å². The number of nitrogens with one attached hydrogen (secondary N) is 1. The third kappa shape index (κ3) is 5.81. The molecule has 2 amide bonds. The number of pyridine rings is 1. The van der Waals surface area contributed by atoms with Crippen molar-refractivity contribution in [3.63, 3.8) is 0 Å². The molecule has 21 heavy (non-hydrogen) atoms. The van der Waals surface area contributed by atoms with Crippen molar-refractivity contribution in [3.8, 4) is 0 Å². The molecule has 0 unspecified atom stereocenters. The Morgan fingerprint density at radius 3 is 2.57 bits per heavy atom. The molecule has 0 radical (unpaired) electrons. The quantitative estimate of drug-likeness (QED) is 0.842. The van der Waals surface area contributed by atoms with Crippen molar-refractivity contribution in [2.45, 2.75) is 46.2 Å². The van der Waals surface area contributed by atoms with E-state index >= 15 is 0 Å². The monoisotopic (exact) mass is 293 g/mol. The molecule has 0 aromatic carbocycles. The molecule has 0 saturated heterocycles. The van der Waals surface area contributed by atoms with Crippen LogP contribution in [0.5, 0.6) is 0 Å². The summed E-state index contributed by atoms with van der Waals surface area (Å²) >= 11 is 0. The zero-order valence-corrected chi connectivity index (χ0v) is 13.0. The number of aryl methyl sites for hydroxylation is 1. The van der Waals surface area contributed by atoms with E-state index in [-0.39, 0.29) is 12.5 Å². The Morgan fingerprint density at radius 2 is 2.05 bits per heavy atom. The van der Waals surface area contributed by atoms with Crippen LogP contribution in [0.1, 0.15) is 38.6 Å². The van der Waals surface area contributed by atoms with Crippen molar-refractivity contribution in [2.24, 2.45) is 0 Å². The number of urea groups is 1. The van der Waals surface area contributed by atoms with Crippen LogP contribution in [0.15, 0.2) is 18.2 Å². The molecule has 1 aromatic heterocycles. The first-order valence-electron chi connectivity index (χ1n) is 6.95. The molecule has 2 N–H and O–H groups in total. The highest BCUT2D eigenvalue weighted by Gasteiger charge is 2.26. The fourth-order valence-corrected chi connectivity index (χ4v) is 2.00. The van der Waals surface area contributed by atoms with Crippen molar-refractivity contribution >= 4 is 12.0 Å². The number of carbonyl (C=O) groups excluding carboxylic acids is 1. The smallest absolute Gasteiger partial charge is 0.318 e. The number of carbonyl (C=O) groups is 2. The summed E-state index contributed by atoms with van der Waals surface area (Å²) in [6.07, 6.45) is -0.126. The second-order valence-electron chi connectivity index (χ2n) is 5.67. The molecule has 0 spiro atoms. The standard InChI is InChI=1S/C15H23N3O3/c1-5-18(10-12-8-6-7-11(2)16-12)14(21)17-15(3,4)9-13(19)20/h6-8H,5,9-10H2,1-4H3,(H,17,21)(H,19,20). The number of carboxylic acid groups (broad SMARTS) is 1. The summed E-state index contributed by atoms with van der Waals surface area (Å²) < 4.78 is 0. The number of hydrogen-bond donors (Lipinski definition) is 2. The van der Waals surface area contributed by atoms with Gasteiger partial charge in [0.05, 0.1) is 18.7 Å². The molecule has 1 rings (SSSR count). The van der Waals surface area contributed by atoms with Gasteiger partial charge in [0, 0.05) is 17.8 Å². The van der Waals surface area contributed by atoms with E-state index in [1.807, 2.05) is 32.0 Å². The number of amides is 2. The molecule has 0 aliphatic rings. The number of aliphatic carboxylic acids is 1. The van der Waals surface area contributed by atoms with Gasteiger partial charge in [-0.25, -0.2) is 4.79 Å². The molecular formula is C15H23N3O3. The Labute approximate surface area is 125 Å². The van der Waals surface area contributed by atoms with Crippen molar-refractivity contribution < 1.29 is 14.7 Å². The number of nitrogens with zero attached hydrogens (tertiary/aromatic N) is 2. The maximum Gasteiger partial charge on any atom is 0.318 e. The fourth-order valence-electron chi connectivity index (χ4n) is 2.00. The van der Waals surface area contributed by atoms with Crippen LogP contribution in [0.3, 0.4) is 0 Å². The van der Waals surface area contributed by atoms with Crippen LogP contribution in [0, 0.1) is 6.92 Å². The van der Waals surface area contributed by atoms with Crippen LogP contribution in [0.25, 0.3) is 0 Å². The summed E-state index contributed by atoms with van der Waals surface area (Å²) in [6, 6.07) is 5.38. The SMILES string of the molecule is CCN(Cc1cccc(C)n1)C(=O)NC(C)(C)CC(=O)O. The van der Waals surface area contributed by atoms with Crippen LogP contribution in [-0.2, 0) is 11.3 Å². The molecule has 0 aliphatic carbocycles. The summed E-state index contributed by atoms with van der Waals surface area (Å²) in [5, 5.41) is 11.6. The van der Waals surface area contributed by atoms with Crippen LogP contribution >= 0.6 is 0 Å². The maximum absolute atomic E-state index is 12.3. The number of aromatic nitrogens is 1. The first-order chi connectivity index (χ1) is 9.73. The molecule has 0 aliphatic heterocycles.